The first-order valence-corrected chi connectivity index (χ1v) is 5.51. The standard InChI is InChI=1S/C12H16N4O/c1-7(2)16-8(3)14-15-12(16)9-5-4-6-10(13)11(9)17/h4-7,17H,13H2,1-3H3. The van der Waals surface area contributed by atoms with E-state index in [9.17, 15) is 5.11 Å². The number of phenolic OH excluding ortho intramolecular Hbond substituents is 1. The van der Waals surface area contributed by atoms with Crippen LogP contribution in [-0.2, 0) is 0 Å². The summed E-state index contributed by atoms with van der Waals surface area (Å²) in [5, 5.41) is 18.1. The number of nitrogen functional groups attached to an aromatic ring is 1. The van der Waals surface area contributed by atoms with Crippen molar-refractivity contribution in [2.45, 2.75) is 26.8 Å². The quantitative estimate of drug-likeness (QED) is 0.614. The van der Waals surface area contributed by atoms with E-state index >= 15 is 0 Å². The molecule has 5 nitrogen and oxygen atoms in total. The summed E-state index contributed by atoms with van der Waals surface area (Å²) >= 11 is 0. The Kier molecular flexibility index (Phi) is 2.75. The molecule has 0 unspecified atom stereocenters. The number of rotatable bonds is 2. The Morgan fingerprint density at radius 1 is 1.29 bits per heavy atom. The molecule has 17 heavy (non-hydrogen) atoms. The van der Waals surface area contributed by atoms with Crippen molar-refractivity contribution in [1.82, 2.24) is 14.8 Å². The second kappa shape index (κ2) is 4.08. The molecule has 0 amide bonds. The Morgan fingerprint density at radius 2 is 2.00 bits per heavy atom. The minimum Gasteiger partial charge on any atom is -0.505 e. The lowest BCUT2D eigenvalue weighted by molar-refractivity contribution is 0.478. The lowest BCUT2D eigenvalue weighted by Crippen LogP contribution is -2.05. The summed E-state index contributed by atoms with van der Waals surface area (Å²) in [6.45, 7) is 5.98. The van der Waals surface area contributed by atoms with Crippen LogP contribution in [0.1, 0.15) is 25.7 Å². The zero-order chi connectivity index (χ0) is 12.6. The first-order valence-electron chi connectivity index (χ1n) is 5.51. The summed E-state index contributed by atoms with van der Waals surface area (Å²) in [4.78, 5) is 0. The van der Waals surface area contributed by atoms with Crippen molar-refractivity contribution in [1.29, 1.82) is 0 Å². The number of nitrogens with two attached hydrogens (primary N) is 1. The minimum atomic E-state index is 0.0572. The second-order valence-electron chi connectivity index (χ2n) is 4.28. The Balaban J connectivity index is 2.65. The molecular formula is C12H16N4O. The number of hydrogen-bond acceptors (Lipinski definition) is 4. The second-order valence-corrected chi connectivity index (χ2v) is 4.28. The number of hydrogen-bond donors (Lipinski definition) is 2. The summed E-state index contributed by atoms with van der Waals surface area (Å²) in [6, 6.07) is 5.45. The smallest absolute Gasteiger partial charge is 0.168 e. The van der Waals surface area contributed by atoms with Crippen molar-refractivity contribution >= 4 is 5.69 Å². The molecule has 0 atom stereocenters. The number of aromatic hydroxyl groups is 1. The van der Waals surface area contributed by atoms with Gasteiger partial charge in [0, 0.05) is 6.04 Å². The molecule has 2 rings (SSSR count). The molecule has 0 bridgehead atoms. The van der Waals surface area contributed by atoms with Gasteiger partial charge in [-0.2, -0.15) is 0 Å². The third-order valence-corrected chi connectivity index (χ3v) is 2.69. The molecule has 0 aliphatic heterocycles. The topological polar surface area (TPSA) is 77.0 Å². The van der Waals surface area contributed by atoms with Gasteiger partial charge in [-0.25, -0.2) is 0 Å². The fourth-order valence-corrected chi connectivity index (χ4v) is 1.91. The van der Waals surface area contributed by atoms with Gasteiger partial charge in [0.15, 0.2) is 5.82 Å². The molecule has 1 heterocycles. The molecule has 1 aromatic heterocycles. The van der Waals surface area contributed by atoms with E-state index in [-0.39, 0.29) is 11.8 Å². The van der Waals surface area contributed by atoms with Crippen molar-refractivity contribution in [3.8, 4) is 17.1 Å². The predicted molar refractivity (Wildman–Crippen MR) is 66.7 cm³/mol. The lowest BCUT2D eigenvalue weighted by atomic mass is 10.1. The number of benzene rings is 1. The van der Waals surface area contributed by atoms with Crippen LogP contribution in [0.25, 0.3) is 11.4 Å². The van der Waals surface area contributed by atoms with Gasteiger partial charge >= 0.3 is 0 Å². The molecule has 0 radical (unpaired) electrons. The summed E-state index contributed by atoms with van der Waals surface area (Å²) in [6.07, 6.45) is 0. The molecule has 2 aromatic rings. The maximum atomic E-state index is 9.96. The molecule has 0 saturated heterocycles. The van der Waals surface area contributed by atoms with Crippen molar-refractivity contribution in [2.75, 3.05) is 5.73 Å². The molecule has 90 valence electrons. The Morgan fingerprint density at radius 3 is 2.65 bits per heavy atom. The number of anilines is 1. The van der Waals surface area contributed by atoms with E-state index in [1.54, 1.807) is 18.2 Å². The zero-order valence-electron chi connectivity index (χ0n) is 10.2. The molecular weight excluding hydrogens is 216 g/mol. The van der Waals surface area contributed by atoms with E-state index in [0.29, 0.717) is 17.1 Å². The van der Waals surface area contributed by atoms with Gasteiger partial charge in [0.25, 0.3) is 0 Å². The Hall–Kier alpha value is -2.04. The van der Waals surface area contributed by atoms with E-state index in [0.717, 1.165) is 5.82 Å². The molecule has 0 fully saturated rings. The van der Waals surface area contributed by atoms with Crippen molar-refractivity contribution in [3.63, 3.8) is 0 Å². The van der Waals surface area contributed by atoms with E-state index in [4.69, 9.17) is 5.73 Å². The number of aromatic nitrogens is 3. The van der Waals surface area contributed by atoms with Crippen LogP contribution in [0.5, 0.6) is 5.75 Å². The minimum absolute atomic E-state index is 0.0572. The van der Waals surface area contributed by atoms with Crippen LogP contribution in [0.3, 0.4) is 0 Å². The molecule has 0 saturated carbocycles. The van der Waals surface area contributed by atoms with Gasteiger partial charge in [-0.1, -0.05) is 6.07 Å². The monoisotopic (exact) mass is 232 g/mol. The highest BCUT2D eigenvalue weighted by Crippen LogP contribution is 2.33. The molecule has 5 heteroatoms. The summed E-state index contributed by atoms with van der Waals surface area (Å²) in [7, 11) is 0. The van der Waals surface area contributed by atoms with Gasteiger partial charge in [-0.15, -0.1) is 10.2 Å². The van der Waals surface area contributed by atoms with E-state index in [2.05, 4.69) is 10.2 Å². The van der Waals surface area contributed by atoms with Gasteiger partial charge in [0.05, 0.1) is 11.3 Å². The van der Waals surface area contributed by atoms with Crippen LogP contribution < -0.4 is 5.73 Å². The van der Waals surface area contributed by atoms with Gasteiger partial charge < -0.3 is 15.4 Å². The molecule has 1 aromatic carbocycles. The van der Waals surface area contributed by atoms with E-state index in [1.807, 2.05) is 25.3 Å². The normalized spacial score (nSPS) is 11.1. The predicted octanol–water partition coefficient (Wildman–Crippen LogP) is 2.12. The highest BCUT2D eigenvalue weighted by Gasteiger charge is 2.17. The van der Waals surface area contributed by atoms with E-state index in [1.165, 1.54) is 0 Å². The van der Waals surface area contributed by atoms with Crippen LogP contribution in [0.2, 0.25) is 0 Å². The summed E-state index contributed by atoms with van der Waals surface area (Å²) in [5.74, 6) is 1.51. The first-order chi connectivity index (χ1) is 8.02. The molecule has 0 spiro atoms. The number of nitrogens with zero attached hydrogens (tertiary/aromatic N) is 3. The maximum Gasteiger partial charge on any atom is 0.168 e. The van der Waals surface area contributed by atoms with Crippen LogP contribution in [-0.4, -0.2) is 19.9 Å². The maximum absolute atomic E-state index is 9.96. The molecule has 3 N–H and O–H groups in total. The van der Waals surface area contributed by atoms with Crippen LogP contribution >= 0.6 is 0 Å². The first kappa shape index (κ1) is 11.4. The van der Waals surface area contributed by atoms with Gasteiger partial charge in [0.2, 0.25) is 0 Å². The fourth-order valence-electron chi connectivity index (χ4n) is 1.91. The molecule has 0 aliphatic rings. The Bertz CT molecular complexity index is 545. The number of phenols is 1. The summed E-state index contributed by atoms with van der Waals surface area (Å²) in [5.41, 5.74) is 6.64. The van der Waals surface area contributed by atoms with Crippen LogP contribution in [0.4, 0.5) is 5.69 Å². The van der Waals surface area contributed by atoms with Gasteiger partial charge in [0.1, 0.15) is 11.6 Å². The third-order valence-electron chi connectivity index (χ3n) is 2.69. The van der Waals surface area contributed by atoms with Crippen molar-refractivity contribution in [2.24, 2.45) is 0 Å². The van der Waals surface area contributed by atoms with E-state index < -0.39 is 0 Å². The third kappa shape index (κ3) is 1.84. The SMILES string of the molecule is Cc1nnc(-c2cccc(N)c2O)n1C(C)C. The fraction of sp³-hybridized carbons (Fsp3) is 0.333. The van der Waals surface area contributed by atoms with Gasteiger partial charge in [-0.3, -0.25) is 0 Å². The van der Waals surface area contributed by atoms with Crippen LogP contribution in [0, 0.1) is 6.92 Å². The number of aryl methyl sites for hydroxylation is 1. The van der Waals surface area contributed by atoms with Crippen molar-refractivity contribution < 1.29 is 5.11 Å². The van der Waals surface area contributed by atoms with Crippen LogP contribution in [0.15, 0.2) is 18.2 Å². The average molecular weight is 232 g/mol. The lowest BCUT2D eigenvalue weighted by Gasteiger charge is -2.13. The average Bonchev–Trinajstić information content (AvgIpc) is 2.64. The number of para-hydroxylation sites is 1. The Labute approximate surface area is 99.9 Å². The molecule has 0 aliphatic carbocycles. The highest BCUT2D eigenvalue weighted by atomic mass is 16.3. The largest absolute Gasteiger partial charge is 0.505 e. The zero-order valence-corrected chi connectivity index (χ0v) is 10.2. The van der Waals surface area contributed by atoms with Gasteiger partial charge in [-0.05, 0) is 32.9 Å². The summed E-state index contributed by atoms with van der Waals surface area (Å²) < 4.78 is 1.97. The highest BCUT2D eigenvalue weighted by molar-refractivity contribution is 5.72. The van der Waals surface area contributed by atoms with Crippen molar-refractivity contribution in [3.05, 3.63) is 24.0 Å².